The number of phenols is 1. The fraction of sp³-hybridized carbons (Fsp3) is 0.529. The highest BCUT2D eigenvalue weighted by atomic mass is 16.3. The molecule has 0 saturated heterocycles. The number of Topliss-reactive ketones (excluding diaryl/α,β-unsaturated/α-hetero) is 2. The summed E-state index contributed by atoms with van der Waals surface area (Å²) >= 11 is 0. The van der Waals surface area contributed by atoms with Crippen molar-refractivity contribution < 1.29 is 14.7 Å². The Morgan fingerprint density at radius 3 is 2.67 bits per heavy atom. The molecule has 0 radical (unpaired) electrons. The SMILES string of the molecule is CCCCN(C)C1(c2cccc(O)c2)CCC(=O)C(=O)C1. The quantitative estimate of drug-likeness (QED) is 0.847. The van der Waals surface area contributed by atoms with E-state index in [1.165, 1.54) is 0 Å². The fourth-order valence-corrected chi connectivity index (χ4v) is 3.11. The lowest BCUT2D eigenvalue weighted by atomic mass is 9.74. The zero-order valence-corrected chi connectivity index (χ0v) is 12.8. The van der Waals surface area contributed by atoms with Crippen LogP contribution in [0.25, 0.3) is 0 Å². The van der Waals surface area contributed by atoms with E-state index in [9.17, 15) is 14.7 Å². The first kappa shape index (κ1) is 15.7. The van der Waals surface area contributed by atoms with Gasteiger partial charge >= 0.3 is 0 Å². The van der Waals surface area contributed by atoms with Crippen LogP contribution in [-0.4, -0.2) is 35.2 Å². The van der Waals surface area contributed by atoms with Gasteiger partial charge in [0.05, 0.1) is 5.54 Å². The van der Waals surface area contributed by atoms with E-state index in [2.05, 4.69) is 11.8 Å². The van der Waals surface area contributed by atoms with Crippen LogP contribution in [-0.2, 0) is 15.1 Å². The molecule has 0 bridgehead atoms. The van der Waals surface area contributed by atoms with Crippen molar-refractivity contribution in [2.75, 3.05) is 13.6 Å². The van der Waals surface area contributed by atoms with Gasteiger partial charge in [-0.1, -0.05) is 25.5 Å². The Morgan fingerprint density at radius 1 is 1.29 bits per heavy atom. The predicted octanol–water partition coefficient (Wildman–Crippen LogP) is 2.64. The Morgan fingerprint density at radius 2 is 2.05 bits per heavy atom. The molecule has 1 saturated carbocycles. The summed E-state index contributed by atoms with van der Waals surface area (Å²) in [4.78, 5) is 25.8. The van der Waals surface area contributed by atoms with E-state index in [1.807, 2.05) is 13.1 Å². The number of hydrogen-bond donors (Lipinski definition) is 1. The molecule has 0 spiro atoms. The molecule has 1 aliphatic carbocycles. The summed E-state index contributed by atoms with van der Waals surface area (Å²) in [6, 6.07) is 7.07. The van der Waals surface area contributed by atoms with Crippen LogP contribution in [0.15, 0.2) is 24.3 Å². The molecular formula is C17H23NO3. The number of carbonyl (C=O) groups is 2. The van der Waals surface area contributed by atoms with Gasteiger partial charge in [-0.2, -0.15) is 0 Å². The van der Waals surface area contributed by atoms with Crippen LogP contribution in [0.3, 0.4) is 0 Å². The molecule has 0 heterocycles. The Bertz CT molecular complexity index is 541. The van der Waals surface area contributed by atoms with Gasteiger partial charge in [-0.25, -0.2) is 0 Å². The number of nitrogens with zero attached hydrogens (tertiary/aromatic N) is 1. The van der Waals surface area contributed by atoms with Crippen molar-refractivity contribution >= 4 is 11.6 Å². The molecule has 1 aromatic rings. The highest BCUT2D eigenvalue weighted by Crippen LogP contribution is 2.40. The van der Waals surface area contributed by atoms with Gasteiger partial charge in [-0.05, 0) is 44.1 Å². The monoisotopic (exact) mass is 289 g/mol. The number of benzene rings is 1. The van der Waals surface area contributed by atoms with Crippen LogP contribution in [0.5, 0.6) is 5.75 Å². The van der Waals surface area contributed by atoms with Crippen LogP contribution in [0.1, 0.15) is 44.6 Å². The summed E-state index contributed by atoms with van der Waals surface area (Å²) in [5, 5.41) is 9.76. The molecule has 1 aromatic carbocycles. The van der Waals surface area contributed by atoms with Crippen LogP contribution in [0.2, 0.25) is 0 Å². The minimum absolute atomic E-state index is 0.195. The van der Waals surface area contributed by atoms with Gasteiger partial charge in [0.2, 0.25) is 5.78 Å². The first-order valence-corrected chi connectivity index (χ1v) is 7.56. The minimum Gasteiger partial charge on any atom is -0.508 e. The third-order valence-electron chi connectivity index (χ3n) is 4.49. The number of unbranched alkanes of at least 4 members (excludes halogenated alkanes) is 1. The maximum atomic E-state index is 12.0. The number of hydrogen-bond acceptors (Lipinski definition) is 4. The van der Waals surface area contributed by atoms with Gasteiger partial charge in [-0.3, -0.25) is 14.5 Å². The maximum Gasteiger partial charge on any atom is 0.200 e. The lowest BCUT2D eigenvalue weighted by molar-refractivity contribution is -0.142. The second-order valence-electron chi connectivity index (χ2n) is 5.88. The van der Waals surface area contributed by atoms with Crippen LogP contribution >= 0.6 is 0 Å². The second-order valence-corrected chi connectivity index (χ2v) is 5.88. The normalized spacial score (nSPS) is 22.8. The van der Waals surface area contributed by atoms with Crippen molar-refractivity contribution in [1.29, 1.82) is 0 Å². The Balaban J connectivity index is 2.39. The summed E-state index contributed by atoms with van der Waals surface area (Å²) in [7, 11) is 2.00. The molecule has 1 N–H and O–H groups in total. The van der Waals surface area contributed by atoms with E-state index >= 15 is 0 Å². The molecule has 1 unspecified atom stereocenters. The topological polar surface area (TPSA) is 57.6 Å². The first-order valence-electron chi connectivity index (χ1n) is 7.56. The van der Waals surface area contributed by atoms with Gasteiger partial charge in [0.1, 0.15) is 5.75 Å². The largest absolute Gasteiger partial charge is 0.508 e. The molecule has 4 nitrogen and oxygen atoms in total. The van der Waals surface area contributed by atoms with Crippen LogP contribution < -0.4 is 0 Å². The second kappa shape index (κ2) is 6.39. The Kier molecular flexibility index (Phi) is 4.78. The van der Waals surface area contributed by atoms with Crippen molar-refractivity contribution in [2.45, 2.75) is 44.6 Å². The highest BCUT2D eigenvalue weighted by molar-refractivity contribution is 6.38. The Hall–Kier alpha value is -1.68. The maximum absolute atomic E-state index is 12.0. The van der Waals surface area contributed by atoms with Gasteiger partial charge in [0, 0.05) is 12.8 Å². The molecule has 0 amide bonds. The summed E-state index contributed by atoms with van der Waals surface area (Å²) < 4.78 is 0. The van der Waals surface area contributed by atoms with E-state index < -0.39 is 5.54 Å². The third-order valence-corrected chi connectivity index (χ3v) is 4.49. The zero-order chi connectivity index (χ0) is 15.5. The minimum atomic E-state index is -0.473. The highest BCUT2D eigenvalue weighted by Gasteiger charge is 2.43. The van der Waals surface area contributed by atoms with E-state index in [1.54, 1.807) is 18.2 Å². The summed E-state index contributed by atoms with van der Waals surface area (Å²) in [5.74, 6) is -0.372. The third kappa shape index (κ3) is 3.16. The molecule has 4 heteroatoms. The summed E-state index contributed by atoms with van der Waals surface area (Å²) in [6.45, 7) is 3.00. The predicted molar refractivity (Wildman–Crippen MR) is 81.2 cm³/mol. The van der Waals surface area contributed by atoms with Crippen molar-refractivity contribution in [3.8, 4) is 5.75 Å². The van der Waals surface area contributed by atoms with E-state index in [0.29, 0.717) is 6.42 Å². The van der Waals surface area contributed by atoms with E-state index in [0.717, 1.165) is 24.9 Å². The Labute approximate surface area is 125 Å². The van der Waals surface area contributed by atoms with Crippen molar-refractivity contribution in [1.82, 2.24) is 4.90 Å². The van der Waals surface area contributed by atoms with Crippen molar-refractivity contribution in [2.24, 2.45) is 0 Å². The number of ketones is 2. The number of phenolic OH excluding ortho intramolecular Hbond substituents is 1. The van der Waals surface area contributed by atoms with Crippen LogP contribution in [0.4, 0.5) is 0 Å². The summed E-state index contributed by atoms with van der Waals surface area (Å²) in [6.07, 6.45) is 3.23. The van der Waals surface area contributed by atoms with Crippen LogP contribution in [0, 0.1) is 0 Å². The van der Waals surface area contributed by atoms with Crippen molar-refractivity contribution in [3.63, 3.8) is 0 Å². The number of carbonyl (C=O) groups excluding carboxylic acids is 2. The molecule has 1 atom stereocenters. The van der Waals surface area contributed by atoms with E-state index in [-0.39, 0.29) is 30.2 Å². The first-order chi connectivity index (χ1) is 9.99. The average molecular weight is 289 g/mol. The van der Waals surface area contributed by atoms with Gasteiger partial charge in [0.25, 0.3) is 0 Å². The molecule has 1 aliphatic rings. The molecule has 0 aromatic heterocycles. The molecule has 21 heavy (non-hydrogen) atoms. The van der Waals surface area contributed by atoms with Gasteiger partial charge in [-0.15, -0.1) is 0 Å². The fourth-order valence-electron chi connectivity index (χ4n) is 3.11. The molecule has 2 rings (SSSR count). The number of aromatic hydroxyl groups is 1. The van der Waals surface area contributed by atoms with Gasteiger partial charge < -0.3 is 5.11 Å². The lowest BCUT2D eigenvalue weighted by Gasteiger charge is -2.44. The van der Waals surface area contributed by atoms with Crippen molar-refractivity contribution in [3.05, 3.63) is 29.8 Å². The molecule has 1 fully saturated rings. The zero-order valence-electron chi connectivity index (χ0n) is 12.8. The summed E-state index contributed by atoms with van der Waals surface area (Å²) in [5.41, 5.74) is 0.445. The van der Waals surface area contributed by atoms with Gasteiger partial charge in [0.15, 0.2) is 5.78 Å². The molecule has 114 valence electrons. The standard InChI is InChI=1S/C17H23NO3/c1-3-4-10-18(2)17(9-8-15(20)16(21)12-17)13-6-5-7-14(19)11-13/h5-7,11,19H,3-4,8-10,12H2,1-2H3. The number of rotatable bonds is 5. The van der Waals surface area contributed by atoms with E-state index in [4.69, 9.17) is 0 Å². The smallest absolute Gasteiger partial charge is 0.200 e. The average Bonchev–Trinajstić information content (AvgIpc) is 2.47. The molecule has 0 aliphatic heterocycles. The molecular weight excluding hydrogens is 266 g/mol. The lowest BCUT2D eigenvalue weighted by Crippen LogP contribution is -2.49.